The number of hydrogen-bond donors (Lipinski definition) is 0. The molecule has 3 nitrogen and oxygen atoms in total. The zero-order chi connectivity index (χ0) is 8.85. The molecule has 0 aromatic carbocycles. The molecule has 0 fully saturated rings. The van der Waals surface area contributed by atoms with Gasteiger partial charge in [-0.05, 0) is 5.92 Å². The molecular weight excluding hydrogens is 142 g/mol. The van der Waals surface area contributed by atoms with Crippen molar-refractivity contribution in [3.8, 4) is 0 Å². The third-order valence-corrected chi connectivity index (χ3v) is 1.70. The third kappa shape index (κ3) is 2.99. The van der Waals surface area contributed by atoms with Crippen LogP contribution in [0.25, 0.3) is 0 Å². The topological polar surface area (TPSA) is 29.5 Å². The van der Waals surface area contributed by atoms with E-state index in [1.807, 2.05) is 20.8 Å². The second-order valence-corrected chi connectivity index (χ2v) is 2.79. The van der Waals surface area contributed by atoms with Crippen molar-refractivity contribution >= 4 is 6.29 Å². The average molecular weight is 159 g/mol. The van der Waals surface area contributed by atoms with Crippen LogP contribution in [0.15, 0.2) is 0 Å². The van der Waals surface area contributed by atoms with Gasteiger partial charge in [0.15, 0.2) is 0 Å². The van der Waals surface area contributed by atoms with Gasteiger partial charge in [0.2, 0.25) is 0 Å². The number of aldehydes is 1. The second-order valence-electron chi connectivity index (χ2n) is 2.79. The van der Waals surface area contributed by atoms with E-state index in [-0.39, 0.29) is 6.04 Å². The molecule has 0 saturated heterocycles. The molecule has 1 atom stereocenters. The summed E-state index contributed by atoms with van der Waals surface area (Å²) in [5.74, 6) is 0.299. The molecular formula is C8H17NO2. The van der Waals surface area contributed by atoms with Crippen molar-refractivity contribution in [3.05, 3.63) is 0 Å². The van der Waals surface area contributed by atoms with Gasteiger partial charge in [-0.2, -0.15) is 5.06 Å². The quantitative estimate of drug-likeness (QED) is 0.444. The Morgan fingerprint density at radius 3 is 2.18 bits per heavy atom. The van der Waals surface area contributed by atoms with Crippen molar-refractivity contribution in [2.75, 3.05) is 13.7 Å². The first-order valence-corrected chi connectivity index (χ1v) is 3.93. The van der Waals surface area contributed by atoms with Gasteiger partial charge in [0, 0.05) is 6.54 Å². The summed E-state index contributed by atoms with van der Waals surface area (Å²) in [7, 11) is 1.59. The Kier molecular flexibility index (Phi) is 5.07. The molecule has 0 aliphatic carbocycles. The molecule has 66 valence electrons. The fourth-order valence-corrected chi connectivity index (χ4v) is 1.02. The van der Waals surface area contributed by atoms with Crippen LogP contribution in [0.1, 0.15) is 20.8 Å². The minimum atomic E-state index is -0.120. The predicted molar refractivity (Wildman–Crippen MR) is 44.1 cm³/mol. The maximum Gasteiger partial charge on any atom is 0.139 e. The van der Waals surface area contributed by atoms with Gasteiger partial charge >= 0.3 is 0 Å². The highest BCUT2D eigenvalue weighted by Crippen LogP contribution is 2.07. The molecule has 0 N–H and O–H groups in total. The normalized spacial score (nSPS) is 14.0. The fraction of sp³-hybridized carbons (Fsp3) is 0.875. The van der Waals surface area contributed by atoms with Crippen LogP contribution in [0.2, 0.25) is 0 Å². The van der Waals surface area contributed by atoms with Gasteiger partial charge in [-0.3, -0.25) is 0 Å². The summed E-state index contributed by atoms with van der Waals surface area (Å²) >= 11 is 0. The van der Waals surface area contributed by atoms with Crippen molar-refractivity contribution in [2.24, 2.45) is 5.92 Å². The molecule has 0 bridgehead atoms. The predicted octanol–water partition coefficient (Wildman–Crippen LogP) is 1.09. The Bertz CT molecular complexity index is 111. The van der Waals surface area contributed by atoms with Crippen molar-refractivity contribution in [3.63, 3.8) is 0 Å². The smallest absolute Gasteiger partial charge is 0.139 e. The van der Waals surface area contributed by atoms with E-state index in [4.69, 9.17) is 4.84 Å². The van der Waals surface area contributed by atoms with E-state index < -0.39 is 0 Å². The van der Waals surface area contributed by atoms with Crippen LogP contribution in [0, 0.1) is 5.92 Å². The van der Waals surface area contributed by atoms with Gasteiger partial charge in [-0.15, -0.1) is 0 Å². The summed E-state index contributed by atoms with van der Waals surface area (Å²) in [6, 6.07) is -0.120. The molecule has 0 heterocycles. The monoisotopic (exact) mass is 159 g/mol. The molecule has 0 saturated carbocycles. The maximum atomic E-state index is 10.6. The summed E-state index contributed by atoms with van der Waals surface area (Å²) in [5.41, 5.74) is 0. The molecule has 0 spiro atoms. The van der Waals surface area contributed by atoms with Gasteiger partial charge < -0.3 is 9.63 Å². The minimum absolute atomic E-state index is 0.120. The summed E-state index contributed by atoms with van der Waals surface area (Å²) < 4.78 is 0. The molecule has 0 radical (unpaired) electrons. The van der Waals surface area contributed by atoms with Crippen LogP contribution in [0.5, 0.6) is 0 Å². The van der Waals surface area contributed by atoms with Crippen LogP contribution in [0.3, 0.4) is 0 Å². The number of likely N-dealkylation sites (N-methyl/N-ethyl adjacent to an activating group) is 1. The lowest BCUT2D eigenvalue weighted by Gasteiger charge is -2.26. The van der Waals surface area contributed by atoms with E-state index in [9.17, 15) is 4.79 Å². The third-order valence-electron chi connectivity index (χ3n) is 1.70. The van der Waals surface area contributed by atoms with Crippen molar-refractivity contribution in [1.82, 2.24) is 5.06 Å². The number of carbonyl (C=O) groups excluding carboxylic acids is 1. The molecule has 0 aliphatic rings. The van der Waals surface area contributed by atoms with Crippen LogP contribution < -0.4 is 0 Å². The van der Waals surface area contributed by atoms with Crippen LogP contribution >= 0.6 is 0 Å². The molecule has 0 amide bonds. The lowest BCUT2D eigenvalue weighted by molar-refractivity contribution is -0.169. The summed E-state index contributed by atoms with van der Waals surface area (Å²) in [6.07, 6.45) is 0.928. The van der Waals surface area contributed by atoms with Crippen molar-refractivity contribution < 1.29 is 9.63 Å². The Morgan fingerprint density at radius 1 is 1.55 bits per heavy atom. The molecule has 3 heteroatoms. The Morgan fingerprint density at radius 2 is 2.09 bits per heavy atom. The van der Waals surface area contributed by atoms with Crippen molar-refractivity contribution in [2.45, 2.75) is 26.8 Å². The Labute approximate surface area is 68.3 Å². The molecule has 0 aromatic heterocycles. The standard InChI is InChI=1S/C8H17NO2/c1-5-9(11-4)8(6-10)7(2)3/h6-8H,5H2,1-4H3/t8-/m1/s1. The summed E-state index contributed by atoms with van der Waals surface area (Å²) in [4.78, 5) is 15.6. The van der Waals surface area contributed by atoms with Crippen LogP contribution in [-0.4, -0.2) is 31.0 Å². The second kappa shape index (κ2) is 5.27. The molecule has 0 aliphatic heterocycles. The number of rotatable bonds is 5. The van der Waals surface area contributed by atoms with Gasteiger partial charge in [-0.25, -0.2) is 0 Å². The molecule has 0 rings (SSSR count). The van der Waals surface area contributed by atoms with E-state index in [1.165, 1.54) is 0 Å². The highest BCUT2D eigenvalue weighted by atomic mass is 16.7. The average Bonchev–Trinajstić information content (AvgIpc) is 1.99. The van der Waals surface area contributed by atoms with Gasteiger partial charge in [0.25, 0.3) is 0 Å². The van der Waals surface area contributed by atoms with E-state index in [0.717, 1.165) is 12.8 Å². The molecule has 11 heavy (non-hydrogen) atoms. The number of nitrogens with zero attached hydrogens (tertiary/aromatic N) is 1. The summed E-state index contributed by atoms with van der Waals surface area (Å²) in [6.45, 7) is 6.70. The van der Waals surface area contributed by atoms with Gasteiger partial charge in [0.1, 0.15) is 6.29 Å². The first-order chi connectivity index (χ1) is 5.17. The maximum absolute atomic E-state index is 10.6. The van der Waals surface area contributed by atoms with Gasteiger partial charge in [-0.1, -0.05) is 20.8 Å². The molecule has 0 aromatic rings. The lowest BCUT2D eigenvalue weighted by Crippen LogP contribution is -2.39. The Hall–Kier alpha value is -0.410. The van der Waals surface area contributed by atoms with E-state index in [1.54, 1.807) is 12.2 Å². The number of hydroxylamine groups is 2. The zero-order valence-electron chi connectivity index (χ0n) is 7.70. The summed E-state index contributed by atoms with van der Waals surface area (Å²) in [5, 5.41) is 1.68. The van der Waals surface area contributed by atoms with Gasteiger partial charge in [0.05, 0.1) is 13.2 Å². The zero-order valence-corrected chi connectivity index (χ0v) is 7.70. The van der Waals surface area contributed by atoms with E-state index in [0.29, 0.717) is 5.92 Å². The SMILES string of the molecule is CCN(OC)[C@H](C=O)C(C)C. The number of hydrogen-bond acceptors (Lipinski definition) is 3. The highest BCUT2D eigenvalue weighted by molar-refractivity contribution is 5.57. The van der Waals surface area contributed by atoms with E-state index >= 15 is 0 Å². The first kappa shape index (κ1) is 10.6. The number of carbonyl (C=O) groups is 1. The van der Waals surface area contributed by atoms with Crippen LogP contribution in [0.4, 0.5) is 0 Å². The molecule has 0 unspecified atom stereocenters. The minimum Gasteiger partial charge on any atom is -0.302 e. The van der Waals surface area contributed by atoms with Crippen LogP contribution in [-0.2, 0) is 9.63 Å². The lowest BCUT2D eigenvalue weighted by atomic mass is 10.1. The fourth-order valence-electron chi connectivity index (χ4n) is 1.02. The van der Waals surface area contributed by atoms with Crippen molar-refractivity contribution in [1.29, 1.82) is 0 Å². The van der Waals surface area contributed by atoms with E-state index in [2.05, 4.69) is 0 Å². The largest absolute Gasteiger partial charge is 0.302 e. The Balaban J connectivity index is 4.08. The highest BCUT2D eigenvalue weighted by Gasteiger charge is 2.19. The first-order valence-electron chi connectivity index (χ1n) is 3.93.